The van der Waals surface area contributed by atoms with Gasteiger partial charge in [-0.15, -0.1) is 0 Å². The predicted octanol–water partition coefficient (Wildman–Crippen LogP) is 1.50. The summed E-state index contributed by atoms with van der Waals surface area (Å²) in [5.41, 5.74) is -1.08. The zero-order valence-corrected chi connectivity index (χ0v) is 7.09. The van der Waals surface area contributed by atoms with Gasteiger partial charge < -0.3 is 9.47 Å². The topological polar surface area (TPSA) is 18.5 Å². The minimum atomic E-state index is -1.08. The summed E-state index contributed by atoms with van der Waals surface area (Å²) in [5, 5.41) is 0. The largest absolute Gasteiger partial charge is 0.378 e. The first-order valence-corrected chi connectivity index (χ1v) is 4.50. The molecule has 2 saturated heterocycles. The molecule has 1 unspecified atom stereocenters. The Labute approximate surface area is 72.0 Å². The molecule has 0 aromatic carbocycles. The van der Waals surface area contributed by atoms with Crippen LogP contribution in [0.2, 0.25) is 0 Å². The predicted molar refractivity (Wildman–Crippen MR) is 42.5 cm³/mol. The molecule has 1 radical (unpaired) electrons. The van der Waals surface area contributed by atoms with Crippen LogP contribution in [0.5, 0.6) is 0 Å². The van der Waals surface area contributed by atoms with E-state index in [2.05, 4.69) is 0 Å². The van der Waals surface area contributed by atoms with E-state index in [0.29, 0.717) is 6.42 Å². The third-order valence-corrected chi connectivity index (χ3v) is 2.43. The van der Waals surface area contributed by atoms with Gasteiger partial charge in [-0.3, -0.25) is 0 Å². The highest BCUT2D eigenvalue weighted by Crippen LogP contribution is 2.29. The van der Waals surface area contributed by atoms with Crippen LogP contribution in [0, 0.1) is 6.42 Å². The average Bonchev–Trinajstić information content (AvgIpc) is 2.49. The van der Waals surface area contributed by atoms with E-state index in [9.17, 15) is 4.39 Å². The normalized spacial score (nSPS) is 33.2. The maximum Gasteiger partial charge on any atom is 0.157 e. The maximum absolute atomic E-state index is 13.3. The van der Waals surface area contributed by atoms with Crippen LogP contribution in [0.15, 0.2) is 0 Å². The molecule has 0 aromatic heterocycles. The van der Waals surface area contributed by atoms with Crippen molar-refractivity contribution in [1.82, 2.24) is 0 Å². The Kier molecular flexibility index (Phi) is 2.33. The molecule has 0 aromatic rings. The fraction of sp³-hybridized carbons (Fsp3) is 0.889. The van der Waals surface area contributed by atoms with Crippen molar-refractivity contribution in [2.24, 2.45) is 0 Å². The summed E-state index contributed by atoms with van der Waals surface area (Å²) < 4.78 is 23.5. The summed E-state index contributed by atoms with van der Waals surface area (Å²) in [6.07, 6.45) is 4.79. The van der Waals surface area contributed by atoms with Gasteiger partial charge in [0.15, 0.2) is 5.67 Å². The van der Waals surface area contributed by atoms with Crippen molar-refractivity contribution >= 4 is 0 Å². The van der Waals surface area contributed by atoms with Crippen LogP contribution in [0.4, 0.5) is 4.39 Å². The fourth-order valence-electron chi connectivity index (χ4n) is 1.57. The maximum atomic E-state index is 13.3. The molecule has 0 saturated carbocycles. The van der Waals surface area contributed by atoms with E-state index in [0.717, 1.165) is 19.4 Å². The Bertz CT molecular complexity index is 151. The summed E-state index contributed by atoms with van der Waals surface area (Å²) in [6, 6.07) is 0. The molecular weight excluding hydrogens is 159 g/mol. The summed E-state index contributed by atoms with van der Waals surface area (Å²) >= 11 is 0. The number of hydrogen-bond acceptors (Lipinski definition) is 2. The van der Waals surface area contributed by atoms with Crippen molar-refractivity contribution in [3.63, 3.8) is 0 Å². The Balaban J connectivity index is 1.67. The Hall–Kier alpha value is -0.150. The molecule has 0 N–H and O–H groups in total. The molecule has 69 valence electrons. The van der Waals surface area contributed by atoms with Gasteiger partial charge in [-0.1, -0.05) is 0 Å². The van der Waals surface area contributed by atoms with Crippen LogP contribution in [0.1, 0.15) is 19.3 Å². The van der Waals surface area contributed by atoms with E-state index in [1.807, 2.05) is 6.42 Å². The third kappa shape index (κ3) is 1.77. The second-order valence-electron chi connectivity index (χ2n) is 3.63. The lowest BCUT2D eigenvalue weighted by Crippen LogP contribution is -2.45. The van der Waals surface area contributed by atoms with E-state index in [1.165, 1.54) is 0 Å². The zero-order chi connectivity index (χ0) is 8.44. The zero-order valence-electron chi connectivity index (χ0n) is 7.09. The van der Waals surface area contributed by atoms with Gasteiger partial charge in [0.2, 0.25) is 0 Å². The molecule has 0 aliphatic carbocycles. The molecule has 2 nitrogen and oxygen atoms in total. The molecule has 0 amide bonds. The summed E-state index contributed by atoms with van der Waals surface area (Å²) in [4.78, 5) is 0. The molecule has 2 fully saturated rings. The summed E-state index contributed by atoms with van der Waals surface area (Å²) in [7, 11) is 0. The molecule has 12 heavy (non-hydrogen) atoms. The average molecular weight is 173 g/mol. The molecule has 2 aliphatic rings. The van der Waals surface area contributed by atoms with Gasteiger partial charge in [-0.05, 0) is 25.7 Å². The van der Waals surface area contributed by atoms with Crippen molar-refractivity contribution in [3.8, 4) is 0 Å². The highest BCUT2D eigenvalue weighted by atomic mass is 19.1. The third-order valence-electron chi connectivity index (χ3n) is 2.43. The molecule has 2 rings (SSSR count). The van der Waals surface area contributed by atoms with Crippen LogP contribution < -0.4 is 0 Å². The number of ether oxygens (including phenoxy) is 2. The van der Waals surface area contributed by atoms with E-state index in [1.54, 1.807) is 0 Å². The van der Waals surface area contributed by atoms with Crippen molar-refractivity contribution < 1.29 is 13.9 Å². The Morgan fingerprint density at radius 3 is 2.83 bits per heavy atom. The minimum Gasteiger partial charge on any atom is -0.378 e. The van der Waals surface area contributed by atoms with Gasteiger partial charge >= 0.3 is 0 Å². The molecule has 3 heteroatoms. The second kappa shape index (κ2) is 3.30. The van der Waals surface area contributed by atoms with Gasteiger partial charge in [0, 0.05) is 6.61 Å². The second-order valence-corrected chi connectivity index (χ2v) is 3.63. The van der Waals surface area contributed by atoms with Crippen molar-refractivity contribution in [1.29, 1.82) is 0 Å². The number of rotatable bonds is 3. The monoisotopic (exact) mass is 173 g/mol. The molecule has 2 aliphatic heterocycles. The van der Waals surface area contributed by atoms with E-state index in [4.69, 9.17) is 9.47 Å². The van der Waals surface area contributed by atoms with Gasteiger partial charge in [-0.2, -0.15) is 0 Å². The SMILES string of the molecule is FC1(C[CH]C2CCCO2)COC1. The molecule has 0 spiro atoms. The highest BCUT2D eigenvalue weighted by molar-refractivity contribution is 4.94. The van der Waals surface area contributed by atoms with E-state index < -0.39 is 5.67 Å². The molecule has 0 bridgehead atoms. The number of alkyl halides is 1. The van der Waals surface area contributed by atoms with Crippen LogP contribution in [-0.2, 0) is 9.47 Å². The van der Waals surface area contributed by atoms with Crippen LogP contribution in [-0.4, -0.2) is 31.6 Å². The van der Waals surface area contributed by atoms with Gasteiger partial charge in [0.1, 0.15) is 0 Å². The Morgan fingerprint density at radius 2 is 2.33 bits per heavy atom. The van der Waals surface area contributed by atoms with Crippen LogP contribution in [0.25, 0.3) is 0 Å². The highest BCUT2D eigenvalue weighted by Gasteiger charge is 2.39. The first-order valence-electron chi connectivity index (χ1n) is 4.50. The molecule has 1 atom stereocenters. The lowest BCUT2D eigenvalue weighted by atomic mass is 9.95. The van der Waals surface area contributed by atoms with Crippen molar-refractivity contribution in [2.75, 3.05) is 19.8 Å². The first-order chi connectivity index (χ1) is 5.79. The summed E-state index contributed by atoms with van der Waals surface area (Å²) in [6.45, 7) is 1.35. The van der Waals surface area contributed by atoms with Gasteiger partial charge in [-0.25, -0.2) is 4.39 Å². The van der Waals surface area contributed by atoms with E-state index >= 15 is 0 Å². The van der Waals surface area contributed by atoms with Crippen LogP contribution in [0.3, 0.4) is 0 Å². The Morgan fingerprint density at radius 1 is 1.50 bits per heavy atom. The van der Waals surface area contributed by atoms with E-state index in [-0.39, 0.29) is 19.3 Å². The standard InChI is InChI=1S/C9H14FO2/c10-9(6-11-7-9)4-3-8-2-1-5-12-8/h3,8H,1-2,4-7H2. The smallest absolute Gasteiger partial charge is 0.157 e. The van der Waals surface area contributed by atoms with Crippen molar-refractivity contribution in [3.05, 3.63) is 6.42 Å². The molecular formula is C9H14FO2. The lowest BCUT2D eigenvalue weighted by Gasteiger charge is -2.34. The molecule has 2 heterocycles. The number of halogens is 1. The van der Waals surface area contributed by atoms with Crippen LogP contribution >= 0.6 is 0 Å². The van der Waals surface area contributed by atoms with Crippen molar-refractivity contribution in [2.45, 2.75) is 31.0 Å². The van der Waals surface area contributed by atoms with Gasteiger partial charge in [0.05, 0.1) is 19.3 Å². The minimum absolute atomic E-state index is 0.193. The lowest BCUT2D eigenvalue weighted by molar-refractivity contribution is -0.130. The quantitative estimate of drug-likeness (QED) is 0.644. The first kappa shape index (κ1) is 8.45. The van der Waals surface area contributed by atoms with Gasteiger partial charge in [0.25, 0.3) is 0 Å². The number of hydrogen-bond donors (Lipinski definition) is 0. The summed E-state index contributed by atoms with van der Waals surface area (Å²) in [5.74, 6) is 0. The fourth-order valence-corrected chi connectivity index (χ4v) is 1.57.